The predicted octanol–water partition coefficient (Wildman–Crippen LogP) is 5.99. The summed E-state index contributed by atoms with van der Waals surface area (Å²) in [4.78, 5) is 27.3. The Morgan fingerprint density at radius 2 is 1.72 bits per heavy atom. The second-order valence-corrected chi connectivity index (χ2v) is 9.72. The first kappa shape index (κ1) is 27.0. The van der Waals surface area contributed by atoms with Crippen molar-refractivity contribution in [3.8, 4) is 5.69 Å². The van der Waals surface area contributed by atoms with Gasteiger partial charge >= 0.3 is 6.18 Å². The van der Waals surface area contributed by atoms with Crippen molar-refractivity contribution in [2.24, 2.45) is 0 Å². The van der Waals surface area contributed by atoms with Crippen LogP contribution in [0.4, 0.5) is 19.0 Å². The van der Waals surface area contributed by atoms with Crippen LogP contribution in [0.2, 0.25) is 0 Å². The number of anilines is 1. The van der Waals surface area contributed by atoms with Crippen LogP contribution in [0.1, 0.15) is 61.3 Å². The van der Waals surface area contributed by atoms with E-state index >= 15 is 0 Å². The third-order valence-corrected chi connectivity index (χ3v) is 5.64. The molecule has 0 aliphatic carbocycles. The first-order valence-electron chi connectivity index (χ1n) is 11.7. The van der Waals surface area contributed by atoms with E-state index in [1.165, 1.54) is 17.0 Å². The Balaban J connectivity index is 1.87. The summed E-state index contributed by atoms with van der Waals surface area (Å²) >= 11 is 0. The van der Waals surface area contributed by atoms with Crippen molar-refractivity contribution < 1.29 is 22.8 Å². The molecule has 1 N–H and O–H groups in total. The zero-order valence-corrected chi connectivity index (χ0v) is 21.1. The Morgan fingerprint density at radius 1 is 1.03 bits per heavy atom. The van der Waals surface area contributed by atoms with Crippen molar-refractivity contribution in [3.63, 3.8) is 0 Å². The van der Waals surface area contributed by atoms with Gasteiger partial charge in [-0.25, -0.2) is 4.68 Å². The molecule has 36 heavy (non-hydrogen) atoms. The number of hydrogen-bond donors (Lipinski definition) is 1. The van der Waals surface area contributed by atoms with Gasteiger partial charge in [-0.05, 0) is 43.2 Å². The fraction of sp³-hybridized carbons (Fsp3) is 0.370. The summed E-state index contributed by atoms with van der Waals surface area (Å²) in [5.74, 6) is -0.665. The average Bonchev–Trinajstić information content (AvgIpc) is 3.22. The van der Waals surface area contributed by atoms with E-state index in [-0.39, 0.29) is 24.1 Å². The first-order valence-corrected chi connectivity index (χ1v) is 11.7. The fourth-order valence-corrected chi connectivity index (χ4v) is 3.71. The molecule has 0 saturated heterocycles. The normalized spacial score (nSPS) is 11.9. The number of hydrogen-bond acceptors (Lipinski definition) is 3. The van der Waals surface area contributed by atoms with Crippen LogP contribution in [-0.2, 0) is 16.4 Å². The molecule has 0 radical (unpaired) electrons. The van der Waals surface area contributed by atoms with Crippen LogP contribution in [-0.4, -0.2) is 39.6 Å². The van der Waals surface area contributed by atoms with Gasteiger partial charge in [0.15, 0.2) is 0 Å². The minimum atomic E-state index is -4.57. The standard InChI is InChI=1S/C27H31F3N4O2/c1-6-14-33(25(36)19-11-9-12-20(15-19)27(28,29)30)17-24(35)31-23-16-22(26(3,4)5)32-34(23)21-13-8-7-10-18(21)2/h7-13,15-16H,6,14,17H2,1-5H3,(H,31,35). The lowest BCUT2D eigenvalue weighted by Crippen LogP contribution is -2.38. The van der Waals surface area contributed by atoms with Gasteiger partial charge in [0, 0.05) is 23.6 Å². The number of amides is 2. The van der Waals surface area contributed by atoms with E-state index in [2.05, 4.69) is 5.32 Å². The van der Waals surface area contributed by atoms with Crippen LogP contribution in [0.3, 0.4) is 0 Å². The third kappa shape index (κ3) is 6.33. The number of rotatable bonds is 7. The number of benzene rings is 2. The van der Waals surface area contributed by atoms with Gasteiger partial charge in [0.05, 0.1) is 16.9 Å². The van der Waals surface area contributed by atoms with Gasteiger partial charge < -0.3 is 10.2 Å². The quantitative estimate of drug-likeness (QED) is 0.434. The molecule has 1 aromatic heterocycles. The number of nitrogens with one attached hydrogen (secondary N) is 1. The molecular weight excluding hydrogens is 469 g/mol. The van der Waals surface area contributed by atoms with Gasteiger partial charge in [-0.3, -0.25) is 9.59 Å². The van der Waals surface area contributed by atoms with Crippen molar-refractivity contribution in [1.29, 1.82) is 0 Å². The van der Waals surface area contributed by atoms with Crippen LogP contribution < -0.4 is 5.32 Å². The molecule has 3 rings (SSSR count). The number of carbonyl (C=O) groups is 2. The van der Waals surface area contributed by atoms with Crippen LogP contribution in [0, 0.1) is 6.92 Å². The second kappa shape index (κ2) is 10.6. The molecule has 0 spiro atoms. The van der Waals surface area contributed by atoms with Gasteiger partial charge in [-0.2, -0.15) is 18.3 Å². The molecular formula is C27H31F3N4O2. The highest BCUT2D eigenvalue weighted by molar-refractivity contribution is 5.99. The summed E-state index contributed by atoms with van der Waals surface area (Å²) in [6.07, 6.45) is -4.03. The van der Waals surface area contributed by atoms with Gasteiger partial charge in [0.1, 0.15) is 12.4 Å². The number of halogens is 3. The summed E-state index contributed by atoms with van der Waals surface area (Å²) in [7, 11) is 0. The topological polar surface area (TPSA) is 67.2 Å². The maximum absolute atomic E-state index is 13.1. The number of carbonyl (C=O) groups excluding carboxylic acids is 2. The molecule has 0 fully saturated rings. The molecule has 1 heterocycles. The van der Waals surface area contributed by atoms with E-state index in [1.807, 2.05) is 58.9 Å². The second-order valence-electron chi connectivity index (χ2n) is 9.72. The molecule has 0 unspecified atom stereocenters. The summed E-state index contributed by atoms with van der Waals surface area (Å²) < 4.78 is 41.0. The van der Waals surface area contributed by atoms with E-state index in [9.17, 15) is 22.8 Å². The van der Waals surface area contributed by atoms with Crippen LogP contribution >= 0.6 is 0 Å². The Hall–Kier alpha value is -3.62. The maximum atomic E-state index is 13.1. The Labute approximate surface area is 209 Å². The first-order chi connectivity index (χ1) is 16.8. The van der Waals surface area contributed by atoms with E-state index in [1.54, 1.807) is 10.7 Å². The highest BCUT2D eigenvalue weighted by Crippen LogP contribution is 2.30. The Kier molecular flexibility index (Phi) is 7.91. The van der Waals surface area contributed by atoms with Crippen LogP contribution in [0.25, 0.3) is 5.69 Å². The lowest BCUT2D eigenvalue weighted by atomic mass is 9.92. The summed E-state index contributed by atoms with van der Waals surface area (Å²) in [6, 6.07) is 13.6. The van der Waals surface area contributed by atoms with E-state index in [0.29, 0.717) is 12.2 Å². The number of aryl methyl sites for hydroxylation is 1. The summed E-state index contributed by atoms with van der Waals surface area (Å²) in [5, 5.41) is 7.56. The third-order valence-electron chi connectivity index (χ3n) is 5.64. The van der Waals surface area contributed by atoms with Crippen molar-refractivity contribution >= 4 is 17.6 Å². The number of alkyl halides is 3. The molecule has 0 aliphatic rings. The average molecular weight is 501 g/mol. The SMILES string of the molecule is CCCN(CC(=O)Nc1cc(C(C)(C)C)nn1-c1ccccc1C)C(=O)c1cccc(C(F)(F)F)c1. The predicted molar refractivity (Wildman–Crippen MR) is 133 cm³/mol. The Bertz CT molecular complexity index is 1240. The smallest absolute Gasteiger partial charge is 0.329 e. The van der Waals surface area contributed by atoms with Gasteiger partial charge in [-0.15, -0.1) is 0 Å². The minimum Gasteiger partial charge on any atom is -0.329 e. The summed E-state index contributed by atoms with van der Waals surface area (Å²) in [5.41, 5.74) is 1.22. The largest absolute Gasteiger partial charge is 0.416 e. The van der Waals surface area contributed by atoms with Crippen LogP contribution in [0.15, 0.2) is 54.6 Å². The molecule has 6 nitrogen and oxygen atoms in total. The molecule has 0 atom stereocenters. The molecule has 192 valence electrons. The minimum absolute atomic E-state index is 0.119. The highest BCUT2D eigenvalue weighted by atomic mass is 19.4. The van der Waals surface area contributed by atoms with Gasteiger partial charge in [0.2, 0.25) is 5.91 Å². The summed E-state index contributed by atoms with van der Waals surface area (Å²) in [6.45, 7) is 9.71. The fourth-order valence-electron chi connectivity index (χ4n) is 3.71. The molecule has 9 heteroatoms. The number of nitrogens with zero attached hydrogens (tertiary/aromatic N) is 3. The zero-order chi connectivity index (χ0) is 26.7. The molecule has 3 aromatic rings. The van der Waals surface area contributed by atoms with Crippen LogP contribution in [0.5, 0.6) is 0 Å². The lowest BCUT2D eigenvalue weighted by Gasteiger charge is -2.22. The monoisotopic (exact) mass is 500 g/mol. The van der Waals surface area contributed by atoms with E-state index in [4.69, 9.17) is 5.10 Å². The van der Waals surface area contributed by atoms with Crippen molar-refractivity contribution in [2.45, 2.75) is 52.6 Å². The molecule has 0 bridgehead atoms. The molecule has 0 saturated carbocycles. The van der Waals surface area contributed by atoms with E-state index < -0.39 is 23.6 Å². The van der Waals surface area contributed by atoms with E-state index in [0.717, 1.165) is 29.1 Å². The number of aromatic nitrogens is 2. The molecule has 2 amide bonds. The van der Waals surface area contributed by atoms with Gasteiger partial charge in [-0.1, -0.05) is 52.0 Å². The lowest BCUT2D eigenvalue weighted by molar-refractivity contribution is -0.137. The maximum Gasteiger partial charge on any atom is 0.416 e. The van der Waals surface area contributed by atoms with Crippen molar-refractivity contribution in [2.75, 3.05) is 18.4 Å². The number of para-hydroxylation sites is 1. The van der Waals surface area contributed by atoms with Crippen molar-refractivity contribution in [1.82, 2.24) is 14.7 Å². The van der Waals surface area contributed by atoms with Gasteiger partial charge in [0.25, 0.3) is 5.91 Å². The zero-order valence-electron chi connectivity index (χ0n) is 21.1. The van der Waals surface area contributed by atoms with Crippen molar-refractivity contribution in [3.05, 3.63) is 77.0 Å². The highest BCUT2D eigenvalue weighted by Gasteiger charge is 2.31. The molecule has 0 aliphatic heterocycles. The Morgan fingerprint density at radius 3 is 2.33 bits per heavy atom. The molecule has 2 aromatic carbocycles.